The summed E-state index contributed by atoms with van der Waals surface area (Å²) in [5, 5.41) is 0. The molecule has 0 aliphatic heterocycles. The molecule has 1 rings (SSSR count). The molecule has 1 aliphatic carbocycles. The molecule has 0 amide bonds. The summed E-state index contributed by atoms with van der Waals surface area (Å²) < 4.78 is 0. The molecule has 0 aromatic carbocycles. The predicted octanol–water partition coefficient (Wildman–Crippen LogP) is 1.40. The Morgan fingerprint density at radius 2 is 2.14 bits per heavy atom. The van der Waals surface area contributed by atoms with Gasteiger partial charge in [-0.15, -0.1) is 0 Å². The van der Waals surface area contributed by atoms with Gasteiger partial charge >= 0.3 is 0 Å². The summed E-state index contributed by atoms with van der Waals surface area (Å²) in [6, 6.07) is 0. The zero-order chi connectivity index (χ0) is 5.28. The number of rotatable bonds is 0. The maximum absolute atomic E-state index is 5.48. The highest BCUT2D eigenvalue weighted by molar-refractivity contribution is 5.14. The fraction of sp³-hybridized carbons (Fsp3) is 0.667. The summed E-state index contributed by atoms with van der Waals surface area (Å²) >= 11 is 0. The van der Waals surface area contributed by atoms with E-state index in [2.05, 4.69) is 0 Å². The Kier molecular flexibility index (Phi) is 1.05. The highest BCUT2D eigenvalue weighted by Crippen LogP contribution is 2.26. The summed E-state index contributed by atoms with van der Waals surface area (Å²) in [5.41, 5.74) is 8.00. The summed E-state index contributed by atoms with van der Waals surface area (Å²) in [6.07, 6.45) is 3.86. The van der Waals surface area contributed by atoms with Gasteiger partial charge in [0.05, 0.1) is 0 Å². The van der Waals surface area contributed by atoms with E-state index in [4.69, 9.17) is 5.73 Å². The molecule has 0 heterocycles. The Balaban J connectivity index is 2.52. The van der Waals surface area contributed by atoms with Crippen molar-refractivity contribution in [1.82, 2.24) is 0 Å². The SMILES string of the molecule is CC(N)=C1CCC1. The van der Waals surface area contributed by atoms with Crippen LogP contribution in [0.3, 0.4) is 0 Å². The van der Waals surface area contributed by atoms with Gasteiger partial charge in [0.15, 0.2) is 0 Å². The molecule has 0 unspecified atom stereocenters. The Morgan fingerprint density at radius 1 is 1.57 bits per heavy atom. The highest BCUT2D eigenvalue weighted by atomic mass is 14.6. The van der Waals surface area contributed by atoms with Crippen molar-refractivity contribution in [1.29, 1.82) is 0 Å². The average Bonchev–Trinajstić information content (AvgIpc) is 1.23. The van der Waals surface area contributed by atoms with E-state index in [1.54, 1.807) is 0 Å². The Bertz CT molecular complexity index is 92.7. The van der Waals surface area contributed by atoms with E-state index in [0.29, 0.717) is 0 Å². The first-order valence-electron chi connectivity index (χ1n) is 2.75. The first kappa shape index (κ1) is 4.69. The van der Waals surface area contributed by atoms with Crippen molar-refractivity contribution in [2.75, 3.05) is 0 Å². The fourth-order valence-corrected chi connectivity index (χ4v) is 0.748. The second-order valence-electron chi connectivity index (χ2n) is 2.14. The highest BCUT2D eigenvalue weighted by Gasteiger charge is 2.08. The number of hydrogen-bond donors (Lipinski definition) is 1. The van der Waals surface area contributed by atoms with Crippen LogP contribution >= 0.6 is 0 Å². The molecule has 0 aromatic rings. The van der Waals surface area contributed by atoms with Gasteiger partial charge < -0.3 is 5.73 Å². The minimum absolute atomic E-state index is 1.05. The predicted molar refractivity (Wildman–Crippen MR) is 30.7 cm³/mol. The molecule has 40 valence electrons. The van der Waals surface area contributed by atoms with E-state index in [1.165, 1.54) is 24.8 Å². The van der Waals surface area contributed by atoms with Crippen molar-refractivity contribution in [3.05, 3.63) is 11.3 Å². The summed E-state index contributed by atoms with van der Waals surface area (Å²) in [6.45, 7) is 1.98. The Morgan fingerprint density at radius 3 is 2.14 bits per heavy atom. The fourth-order valence-electron chi connectivity index (χ4n) is 0.748. The lowest BCUT2D eigenvalue weighted by molar-refractivity contribution is 0.649. The van der Waals surface area contributed by atoms with Gasteiger partial charge in [-0.2, -0.15) is 0 Å². The summed E-state index contributed by atoms with van der Waals surface area (Å²) in [5.74, 6) is 0. The molecule has 2 N–H and O–H groups in total. The zero-order valence-electron chi connectivity index (χ0n) is 4.70. The van der Waals surface area contributed by atoms with Crippen LogP contribution in [0.1, 0.15) is 26.2 Å². The maximum atomic E-state index is 5.48. The molecular formula is C6H11N. The molecule has 1 nitrogen and oxygen atoms in total. The molecule has 0 radical (unpaired) electrons. The minimum Gasteiger partial charge on any atom is -0.402 e. The lowest BCUT2D eigenvalue weighted by atomic mass is 9.91. The normalized spacial score (nSPS) is 18.7. The van der Waals surface area contributed by atoms with E-state index in [0.717, 1.165) is 5.70 Å². The van der Waals surface area contributed by atoms with Crippen molar-refractivity contribution in [3.8, 4) is 0 Å². The molecule has 0 saturated heterocycles. The van der Waals surface area contributed by atoms with Crippen molar-refractivity contribution < 1.29 is 0 Å². The van der Waals surface area contributed by atoms with Crippen LogP contribution in [-0.2, 0) is 0 Å². The quantitative estimate of drug-likeness (QED) is 0.486. The van der Waals surface area contributed by atoms with Crippen molar-refractivity contribution in [2.24, 2.45) is 5.73 Å². The molecular weight excluding hydrogens is 86.1 g/mol. The van der Waals surface area contributed by atoms with Gasteiger partial charge in [-0.05, 0) is 26.2 Å². The van der Waals surface area contributed by atoms with Crippen LogP contribution in [0.25, 0.3) is 0 Å². The summed E-state index contributed by atoms with van der Waals surface area (Å²) in [7, 11) is 0. The first-order valence-corrected chi connectivity index (χ1v) is 2.75. The monoisotopic (exact) mass is 97.1 g/mol. The van der Waals surface area contributed by atoms with E-state index in [9.17, 15) is 0 Å². The molecule has 0 spiro atoms. The van der Waals surface area contributed by atoms with Crippen LogP contribution in [0, 0.1) is 0 Å². The van der Waals surface area contributed by atoms with Gasteiger partial charge in [0.1, 0.15) is 0 Å². The minimum atomic E-state index is 1.05. The zero-order valence-corrected chi connectivity index (χ0v) is 4.70. The van der Waals surface area contributed by atoms with Crippen molar-refractivity contribution in [3.63, 3.8) is 0 Å². The van der Waals surface area contributed by atoms with E-state index in [1.807, 2.05) is 6.92 Å². The van der Waals surface area contributed by atoms with Crippen LogP contribution in [0.5, 0.6) is 0 Å². The number of nitrogens with two attached hydrogens (primary N) is 1. The Hall–Kier alpha value is -0.460. The van der Waals surface area contributed by atoms with Crippen LogP contribution in [0.15, 0.2) is 11.3 Å². The van der Waals surface area contributed by atoms with E-state index in [-0.39, 0.29) is 0 Å². The smallest absolute Gasteiger partial charge is 0.00407 e. The van der Waals surface area contributed by atoms with Gasteiger partial charge in [-0.25, -0.2) is 0 Å². The maximum Gasteiger partial charge on any atom is 0.00407 e. The third-order valence-electron chi connectivity index (χ3n) is 1.51. The lowest BCUT2D eigenvalue weighted by Crippen LogP contribution is -2.05. The summed E-state index contributed by atoms with van der Waals surface area (Å²) in [4.78, 5) is 0. The van der Waals surface area contributed by atoms with Crippen LogP contribution in [0.4, 0.5) is 0 Å². The standard InChI is InChI=1S/C6H11N/c1-5(7)6-3-2-4-6/h2-4,7H2,1H3. The van der Waals surface area contributed by atoms with Crippen LogP contribution in [0.2, 0.25) is 0 Å². The van der Waals surface area contributed by atoms with Crippen LogP contribution < -0.4 is 5.73 Å². The van der Waals surface area contributed by atoms with Crippen molar-refractivity contribution >= 4 is 0 Å². The van der Waals surface area contributed by atoms with Crippen LogP contribution in [-0.4, -0.2) is 0 Å². The molecule has 1 fully saturated rings. The topological polar surface area (TPSA) is 26.0 Å². The first-order chi connectivity index (χ1) is 3.30. The van der Waals surface area contributed by atoms with Gasteiger partial charge in [-0.3, -0.25) is 0 Å². The molecule has 1 aliphatic rings. The van der Waals surface area contributed by atoms with E-state index >= 15 is 0 Å². The largest absolute Gasteiger partial charge is 0.402 e. The lowest BCUT2D eigenvalue weighted by Gasteiger charge is -2.17. The number of allylic oxidation sites excluding steroid dienone is 2. The molecule has 0 bridgehead atoms. The van der Waals surface area contributed by atoms with Gasteiger partial charge in [0.2, 0.25) is 0 Å². The average molecular weight is 97.2 g/mol. The molecule has 7 heavy (non-hydrogen) atoms. The van der Waals surface area contributed by atoms with Gasteiger partial charge in [0.25, 0.3) is 0 Å². The Labute approximate surface area is 44.2 Å². The molecule has 0 atom stereocenters. The molecule has 1 heteroatoms. The van der Waals surface area contributed by atoms with E-state index < -0.39 is 0 Å². The second-order valence-corrected chi connectivity index (χ2v) is 2.14. The van der Waals surface area contributed by atoms with Crippen molar-refractivity contribution in [2.45, 2.75) is 26.2 Å². The molecule has 1 saturated carbocycles. The third-order valence-corrected chi connectivity index (χ3v) is 1.51. The third kappa shape index (κ3) is 0.763. The molecule has 0 aromatic heterocycles. The second kappa shape index (κ2) is 1.57. The van der Waals surface area contributed by atoms with Gasteiger partial charge in [-0.1, -0.05) is 5.57 Å². The van der Waals surface area contributed by atoms with Gasteiger partial charge in [0, 0.05) is 5.70 Å². The number of hydrogen-bond acceptors (Lipinski definition) is 1.